The standard InChI is InChI=1S/C24H42O21/c25-1-5-10(29)15(34)20(21(38)40-5)45-24-18(37)19(12(31)7(3-27)42-24)44-23-17(36)14(33)11(30)8(43-23)4-39-22-16(35)13(32)9(28)6(2-26)41-22/h5-38H,1-4H2/t5-,6-,7-,8-,9-,10-,11-,12-,13+,14+,15+,16-,17-,18-,19+,20-,21?,22+,23-,24-/m1/s1. The van der Waals surface area contributed by atoms with Crippen molar-refractivity contribution in [1.82, 2.24) is 0 Å². The Morgan fingerprint density at radius 2 is 0.800 bits per heavy atom. The number of hydrogen-bond acceptors (Lipinski definition) is 21. The molecule has 21 nitrogen and oxygen atoms in total. The number of ether oxygens (including phenoxy) is 7. The maximum atomic E-state index is 11.0. The fourth-order valence-corrected chi connectivity index (χ4v) is 5.42. The lowest BCUT2D eigenvalue weighted by Crippen LogP contribution is -2.66. The second kappa shape index (κ2) is 15.6. The average Bonchev–Trinajstić information content (AvgIpc) is 3.02. The van der Waals surface area contributed by atoms with Gasteiger partial charge in [0.2, 0.25) is 0 Å². The van der Waals surface area contributed by atoms with E-state index in [1.165, 1.54) is 0 Å². The van der Waals surface area contributed by atoms with E-state index in [1.54, 1.807) is 0 Å². The zero-order valence-electron chi connectivity index (χ0n) is 23.5. The molecule has 4 heterocycles. The minimum atomic E-state index is -2.03. The Labute approximate surface area is 254 Å². The number of hydrogen-bond donors (Lipinski definition) is 14. The van der Waals surface area contributed by atoms with Crippen molar-refractivity contribution in [3.63, 3.8) is 0 Å². The summed E-state index contributed by atoms with van der Waals surface area (Å²) in [4.78, 5) is 0. The molecule has 0 radical (unpaired) electrons. The second-order valence-electron chi connectivity index (χ2n) is 11.2. The van der Waals surface area contributed by atoms with Gasteiger partial charge in [-0.1, -0.05) is 0 Å². The lowest BCUT2D eigenvalue weighted by atomic mass is 9.96. The third-order valence-electron chi connectivity index (χ3n) is 8.19. The van der Waals surface area contributed by atoms with E-state index in [0.29, 0.717) is 0 Å². The van der Waals surface area contributed by atoms with Crippen molar-refractivity contribution in [1.29, 1.82) is 0 Å². The van der Waals surface area contributed by atoms with Gasteiger partial charge in [0.1, 0.15) is 97.7 Å². The highest BCUT2D eigenvalue weighted by atomic mass is 16.8. The Bertz CT molecular complexity index is 916. The first-order valence-corrected chi connectivity index (χ1v) is 14.1. The van der Waals surface area contributed by atoms with E-state index in [4.69, 9.17) is 33.2 Å². The van der Waals surface area contributed by atoms with Gasteiger partial charge in [-0.15, -0.1) is 0 Å². The molecule has 264 valence electrons. The van der Waals surface area contributed by atoms with Crippen molar-refractivity contribution in [3.8, 4) is 0 Å². The smallest absolute Gasteiger partial charge is 0.187 e. The summed E-state index contributed by atoms with van der Waals surface area (Å²) in [6.45, 7) is -3.11. The van der Waals surface area contributed by atoms with Crippen molar-refractivity contribution in [3.05, 3.63) is 0 Å². The van der Waals surface area contributed by atoms with Gasteiger partial charge in [0.25, 0.3) is 0 Å². The largest absolute Gasteiger partial charge is 0.394 e. The van der Waals surface area contributed by atoms with Crippen LogP contribution in [0.5, 0.6) is 0 Å². The summed E-state index contributed by atoms with van der Waals surface area (Å²) in [7, 11) is 0. The van der Waals surface area contributed by atoms with Gasteiger partial charge in [0.15, 0.2) is 25.2 Å². The van der Waals surface area contributed by atoms with E-state index >= 15 is 0 Å². The molecule has 4 aliphatic rings. The van der Waals surface area contributed by atoms with Crippen LogP contribution in [0.1, 0.15) is 0 Å². The zero-order chi connectivity index (χ0) is 33.3. The van der Waals surface area contributed by atoms with E-state index in [0.717, 1.165) is 0 Å². The molecule has 20 atom stereocenters. The SMILES string of the molecule is OC[C@H]1O[C@H](OC[C@H]2O[C@H](O[C@@H]3[C@@H](O)[C@@H](O[C@H]4C(O)O[C@H](CO)[C@@H](O)[C@@H]4O)O[C@H](CO)[C@H]3O)[C@H](O)[C@@H](O)[C@@H]2O)[C@H](O)[C@@H](O)[C@@H]1O. The van der Waals surface area contributed by atoms with Gasteiger partial charge in [-0.05, 0) is 0 Å². The highest BCUT2D eigenvalue weighted by molar-refractivity contribution is 4.96. The number of rotatable bonds is 10. The van der Waals surface area contributed by atoms with Crippen LogP contribution in [-0.4, -0.2) is 221 Å². The molecule has 0 spiro atoms. The Morgan fingerprint density at radius 1 is 0.378 bits per heavy atom. The van der Waals surface area contributed by atoms with Gasteiger partial charge in [0.05, 0.1) is 26.4 Å². The molecule has 4 aliphatic heterocycles. The maximum absolute atomic E-state index is 11.0. The van der Waals surface area contributed by atoms with E-state index in [2.05, 4.69) is 0 Å². The summed E-state index contributed by atoms with van der Waals surface area (Å²) < 4.78 is 37.4. The Morgan fingerprint density at radius 3 is 1.40 bits per heavy atom. The quantitative estimate of drug-likeness (QED) is 0.103. The summed E-state index contributed by atoms with van der Waals surface area (Å²) in [5.41, 5.74) is 0. The maximum Gasteiger partial charge on any atom is 0.187 e. The van der Waals surface area contributed by atoms with Crippen LogP contribution in [0.25, 0.3) is 0 Å². The molecule has 4 saturated heterocycles. The van der Waals surface area contributed by atoms with Gasteiger partial charge in [-0.25, -0.2) is 0 Å². The Kier molecular flexibility index (Phi) is 12.8. The van der Waals surface area contributed by atoms with Crippen LogP contribution in [0.2, 0.25) is 0 Å². The third kappa shape index (κ3) is 7.59. The molecule has 0 aliphatic carbocycles. The van der Waals surface area contributed by atoms with Crippen LogP contribution in [0.15, 0.2) is 0 Å². The monoisotopic (exact) mass is 666 g/mol. The number of aliphatic hydroxyl groups is 14. The van der Waals surface area contributed by atoms with E-state index in [9.17, 15) is 71.5 Å². The van der Waals surface area contributed by atoms with Crippen LogP contribution < -0.4 is 0 Å². The highest BCUT2D eigenvalue weighted by Gasteiger charge is 2.54. The average molecular weight is 667 g/mol. The minimum Gasteiger partial charge on any atom is -0.394 e. The van der Waals surface area contributed by atoms with Crippen molar-refractivity contribution >= 4 is 0 Å². The van der Waals surface area contributed by atoms with Gasteiger partial charge >= 0.3 is 0 Å². The first kappa shape index (κ1) is 37.0. The predicted molar refractivity (Wildman–Crippen MR) is 134 cm³/mol. The molecule has 0 saturated carbocycles. The van der Waals surface area contributed by atoms with Gasteiger partial charge < -0.3 is 105 Å². The van der Waals surface area contributed by atoms with Crippen molar-refractivity contribution in [2.45, 2.75) is 123 Å². The first-order chi connectivity index (χ1) is 21.2. The van der Waals surface area contributed by atoms with Crippen molar-refractivity contribution in [2.75, 3.05) is 26.4 Å². The third-order valence-corrected chi connectivity index (χ3v) is 8.19. The highest BCUT2D eigenvalue weighted by Crippen LogP contribution is 2.32. The second-order valence-corrected chi connectivity index (χ2v) is 11.2. The summed E-state index contributed by atoms with van der Waals surface area (Å²) in [5, 5.41) is 142. The molecule has 0 aromatic rings. The lowest BCUT2D eigenvalue weighted by molar-refractivity contribution is -0.384. The molecular formula is C24H42O21. The van der Waals surface area contributed by atoms with E-state index in [-0.39, 0.29) is 0 Å². The van der Waals surface area contributed by atoms with E-state index < -0.39 is 149 Å². The summed E-state index contributed by atoms with van der Waals surface area (Å²) in [6.07, 6.45) is -35.4. The van der Waals surface area contributed by atoms with E-state index in [1.807, 2.05) is 0 Å². The minimum absolute atomic E-state index is 0.702. The first-order valence-electron chi connectivity index (χ1n) is 14.1. The van der Waals surface area contributed by atoms with Crippen molar-refractivity contribution in [2.24, 2.45) is 0 Å². The van der Waals surface area contributed by atoms with Crippen LogP contribution in [0.3, 0.4) is 0 Å². The fourth-order valence-electron chi connectivity index (χ4n) is 5.42. The molecular weight excluding hydrogens is 624 g/mol. The molecule has 0 bridgehead atoms. The van der Waals surface area contributed by atoms with Gasteiger partial charge in [-0.2, -0.15) is 0 Å². The molecule has 0 amide bonds. The number of aliphatic hydroxyl groups excluding tert-OH is 14. The Balaban J connectivity index is 1.45. The van der Waals surface area contributed by atoms with Crippen LogP contribution in [0, 0.1) is 0 Å². The van der Waals surface area contributed by atoms with Crippen LogP contribution in [0.4, 0.5) is 0 Å². The van der Waals surface area contributed by atoms with Crippen LogP contribution in [-0.2, 0) is 33.2 Å². The molecule has 0 aromatic heterocycles. The molecule has 0 aromatic carbocycles. The lowest BCUT2D eigenvalue weighted by Gasteiger charge is -2.48. The summed E-state index contributed by atoms with van der Waals surface area (Å²) in [5.74, 6) is 0. The normalized spacial score (nSPS) is 52.9. The molecule has 14 N–H and O–H groups in total. The van der Waals surface area contributed by atoms with Crippen LogP contribution >= 0.6 is 0 Å². The van der Waals surface area contributed by atoms with Gasteiger partial charge in [-0.3, -0.25) is 0 Å². The topological polar surface area (TPSA) is 348 Å². The molecule has 21 heteroatoms. The molecule has 45 heavy (non-hydrogen) atoms. The fraction of sp³-hybridized carbons (Fsp3) is 1.00. The Hall–Kier alpha value is -0.840. The summed E-state index contributed by atoms with van der Waals surface area (Å²) >= 11 is 0. The molecule has 1 unspecified atom stereocenters. The van der Waals surface area contributed by atoms with Gasteiger partial charge in [0, 0.05) is 0 Å². The summed E-state index contributed by atoms with van der Waals surface area (Å²) in [6, 6.07) is 0. The predicted octanol–water partition coefficient (Wildman–Crippen LogP) is -9.75. The van der Waals surface area contributed by atoms with Crippen molar-refractivity contribution < 1.29 is 105 Å². The zero-order valence-corrected chi connectivity index (χ0v) is 23.5. The molecule has 4 fully saturated rings. The molecule has 4 rings (SSSR count).